The summed E-state index contributed by atoms with van der Waals surface area (Å²) in [5, 5.41) is 32.2. The Morgan fingerprint density at radius 3 is 2.35 bits per heavy atom. The van der Waals surface area contributed by atoms with Gasteiger partial charge in [0.2, 0.25) is 0 Å². The summed E-state index contributed by atoms with van der Waals surface area (Å²) in [5.74, 6) is -1.84. The molecule has 20 heavy (non-hydrogen) atoms. The third kappa shape index (κ3) is 3.59. The first-order chi connectivity index (χ1) is 9.33. The SMILES string of the molecule is C=C1CC(C(=O)O)C(O)C1C(NC(C)O)C(CC)CC. The van der Waals surface area contributed by atoms with Crippen LogP contribution in [0.3, 0.4) is 0 Å². The maximum atomic E-state index is 11.2. The Bertz CT molecular complexity index is 352. The molecule has 0 spiro atoms. The van der Waals surface area contributed by atoms with Gasteiger partial charge in [-0.15, -0.1) is 0 Å². The zero-order valence-electron chi connectivity index (χ0n) is 12.5. The van der Waals surface area contributed by atoms with Gasteiger partial charge in [0, 0.05) is 12.0 Å². The van der Waals surface area contributed by atoms with Crippen LogP contribution in [-0.2, 0) is 4.79 Å². The van der Waals surface area contributed by atoms with Crippen LogP contribution in [0.15, 0.2) is 12.2 Å². The summed E-state index contributed by atoms with van der Waals surface area (Å²) in [6.45, 7) is 9.70. The van der Waals surface area contributed by atoms with Crippen LogP contribution in [0, 0.1) is 17.8 Å². The zero-order valence-corrected chi connectivity index (χ0v) is 12.5. The fourth-order valence-electron chi connectivity index (χ4n) is 3.34. The predicted molar refractivity (Wildman–Crippen MR) is 77.1 cm³/mol. The number of hydrogen-bond donors (Lipinski definition) is 4. The highest BCUT2D eigenvalue weighted by Gasteiger charge is 2.46. The molecule has 0 bridgehead atoms. The summed E-state index contributed by atoms with van der Waals surface area (Å²) < 4.78 is 0. The van der Waals surface area contributed by atoms with Crippen LogP contribution in [0.25, 0.3) is 0 Å². The normalized spacial score (nSPS) is 29.7. The molecular weight excluding hydrogens is 258 g/mol. The van der Waals surface area contributed by atoms with Gasteiger partial charge < -0.3 is 15.3 Å². The summed E-state index contributed by atoms with van der Waals surface area (Å²) >= 11 is 0. The number of aliphatic carboxylic acids is 1. The number of hydrogen-bond acceptors (Lipinski definition) is 4. The lowest BCUT2D eigenvalue weighted by molar-refractivity contribution is -0.145. The van der Waals surface area contributed by atoms with Gasteiger partial charge >= 0.3 is 5.97 Å². The fraction of sp³-hybridized carbons (Fsp3) is 0.800. The summed E-state index contributed by atoms with van der Waals surface area (Å²) in [4.78, 5) is 11.2. The summed E-state index contributed by atoms with van der Waals surface area (Å²) in [6, 6.07) is -0.156. The predicted octanol–water partition coefficient (Wildman–Crippen LogP) is 1.36. The van der Waals surface area contributed by atoms with Crippen LogP contribution < -0.4 is 5.32 Å². The lowest BCUT2D eigenvalue weighted by Crippen LogP contribution is -2.49. The van der Waals surface area contributed by atoms with Crippen molar-refractivity contribution in [1.29, 1.82) is 0 Å². The van der Waals surface area contributed by atoms with Gasteiger partial charge in [0.15, 0.2) is 0 Å². The smallest absolute Gasteiger partial charge is 0.309 e. The summed E-state index contributed by atoms with van der Waals surface area (Å²) in [7, 11) is 0. The molecule has 0 aromatic rings. The van der Waals surface area contributed by atoms with Gasteiger partial charge in [0.05, 0.1) is 12.0 Å². The van der Waals surface area contributed by atoms with Gasteiger partial charge in [-0.05, 0) is 19.3 Å². The maximum Gasteiger partial charge on any atom is 0.309 e. The van der Waals surface area contributed by atoms with Crippen molar-refractivity contribution < 1.29 is 20.1 Å². The number of aliphatic hydroxyl groups excluding tert-OH is 2. The average Bonchev–Trinajstić information content (AvgIpc) is 2.65. The molecule has 0 heterocycles. The van der Waals surface area contributed by atoms with E-state index in [-0.39, 0.29) is 17.9 Å². The van der Waals surface area contributed by atoms with Gasteiger partial charge in [-0.1, -0.05) is 38.8 Å². The van der Waals surface area contributed by atoms with Gasteiger partial charge in [0.1, 0.15) is 6.23 Å². The molecule has 4 N–H and O–H groups in total. The molecule has 0 aliphatic heterocycles. The van der Waals surface area contributed by atoms with Crippen molar-refractivity contribution >= 4 is 5.97 Å². The zero-order chi connectivity index (χ0) is 15.4. The number of rotatable bonds is 7. The van der Waals surface area contributed by atoms with E-state index in [2.05, 4.69) is 25.7 Å². The maximum absolute atomic E-state index is 11.2. The lowest BCUT2D eigenvalue weighted by Gasteiger charge is -2.35. The number of carboxylic acids is 1. The standard InChI is InChI=1S/C15H27NO4/c1-5-10(6-2)13(16-9(4)17)12-8(3)7-11(14(12)18)15(19)20/h9-14,16-18H,3,5-7H2,1-2,4H3,(H,19,20). The first-order valence-corrected chi connectivity index (χ1v) is 7.36. The molecule has 116 valence electrons. The molecule has 0 amide bonds. The van der Waals surface area contributed by atoms with Crippen LogP contribution in [0.5, 0.6) is 0 Å². The van der Waals surface area contributed by atoms with Crippen molar-refractivity contribution in [3.8, 4) is 0 Å². The molecule has 1 saturated carbocycles. The Hall–Kier alpha value is -0.910. The van der Waals surface area contributed by atoms with E-state index in [0.29, 0.717) is 6.42 Å². The molecule has 5 heteroatoms. The third-order valence-corrected chi connectivity index (χ3v) is 4.43. The van der Waals surface area contributed by atoms with Crippen molar-refractivity contribution in [3.05, 3.63) is 12.2 Å². The number of carbonyl (C=O) groups is 1. The third-order valence-electron chi connectivity index (χ3n) is 4.43. The van der Waals surface area contributed by atoms with Crippen molar-refractivity contribution in [2.24, 2.45) is 17.8 Å². The van der Waals surface area contributed by atoms with E-state index in [4.69, 9.17) is 5.11 Å². The highest BCUT2D eigenvalue weighted by Crippen LogP contribution is 2.40. The summed E-state index contributed by atoms with van der Waals surface area (Å²) in [5.41, 5.74) is 0.759. The molecule has 1 fully saturated rings. The van der Waals surface area contributed by atoms with E-state index >= 15 is 0 Å². The summed E-state index contributed by atoms with van der Waals surface area (Å²) in [6.07, 6.45) is 0.449. The second-order valence-electron chi connectivity index (χ2n) is 5.77. The molecule has 0 aromatic carbocycles. The molecular formula is C15H27NO4. The minimum atomic E-state index is -0.985. The second kappa shape index (κ2) is 7.20. The van der Waals surface area contributed by atoms with E-state index < -0.39 is 24.2 Å². The van der Waals surface area contributed by atoms with E-state index in [0.717, 1.165) is 18.4 Å². The van der Waals surface area contributed by atoms with Crippen LogP contribution >= 0.6 is 0 Å². The van der Waals surface area contributed by atoms with Gasteiger partial charge in [-0.3, -0.25) is 10.1 Å². The molecule has 5 atom stereocenters. The second-order valence-corrected chi connectivity index (χ2v) is 5.77. The van der Waals surface area contributed by atoms with Gasteiger partial charge in [-0.25, -0.2) is 0 Å². The van der Waals surface area contributed by atoms with Gasteiger partial charge in [0.25, 0.3) is 0 Å². The van der Waals surface area contributed by atoms with E-state index in [1.807, 2.05) is 0 Å². The Morgan fingerprint density at radius 2 is 2.00 bits per heavy atom. The average molecular weight is 285 g/mol. The van der Waals surface area contributed by atoms with Crippen LogP contribution in [0.4, 0.5) is 0 Å². The first kappa shape index (κ1) is 17.1. The molecule has 1 aliphatic rings. The first-order valence-electron chi connectivity index (χ1n) is 7.36. The Labute approximate surface area is 120 Å². The van der Waals surface area contributed by atoms with Gasteiger partial charge in [-0.2, -0.15) is 0 Å². The number of aliphatic hydroxyl groups is 2. The molecule has 5 unspecified atom stereocenters. The lowest BCUT2D eigenvalue weighted by atomic mass is 9.80. The van der Waals surface area contributed by atoms with Crippen molar-refractivity contribution in [3.63, 3.8) is 0 Å². The fourth-order valence-corrected chi connectivity index (χ4v) is 3.34. The Morgan fingerprint density at radius 1 is 1.45 bits per heavy atom. The van der Waals surface area contributed by atoms with E-state index in [9.17, 15) is 15.0 Å². The van der Waals surface area contributed by atoms with Crippen LogP contribution in [-0.4, -0.2) is 39.7 Å². The van der Waals surface area contributed by atoms with Crippen molar-refractivity contribution in [2.75, 3.05) is 0 Å². The van der Waals surface area contributed by atoms with Crippen molar-refractivity contribution in [2.45, 2.75) is 58.4 Å². The highest BCUT2D eigenvalue weighted by molar-refractivity contribution is 5.72. The topological polar surface area (TPSA) is 89.8 Å². The molecule has 1 aliphatic carbocycles. The minimum absolute atomic E-state index is 0.156. The van der Waals surface area contributed by atoms with E-state index in [1.165, 1.54) is 0 Å². The minimum Gasteiger partial charge on any atom is -0.481 e. The Kier molecular flexibility index (Phi) is 6.17. The largest absolute Gasteiger partial charge is 0.481 e. The van der Waals surface area contributed by atoms with Crippen LogP contribution in [0.2, 0.25) is 0 Å². The molecule has 1 rings (SSSR count). The molecule has 0 radical (unpaired) electrons. The Balaban J connectivity index is 3.00. The number of nitrogens with one attached hydrogen (secondary N) is 1. The highest BCUT2D eigenvalue weighted by atomic mass is 16.4. The molecule has 0 saturated heterocycles. The molecule has 5 nitrogen and oxygen atoms in total. The van der Waals surface area contributed by atoms with Crippen molar-refractivity contribution in [1.82, 2.24) is 5.32 Å². The molecule has 0 aromatic heterocycles. The number of carboxylic acid groups (broad SMARTS) is 1. The van der Waals surface area contributed by atoms with Crippen LogP contribution in [0.1, 0.15) is 40.0 Å². The van der Waals surface area contributed by atoms with E-state index in [1.54, 1.807) is 6.92 Å². The monoisotopic (exact) mass is 285 g/mol. The quantitative estimate of drug-likeness (QED) is 0.419.